The molecule has 0 aromatic heterocycles. The third kappa shape index (κ3) is 74.1. The summed E-state index contributed by atoms with van der Waals surface area (Å²) in [4.78, 5) is 73.0. The molecule has 5 atom stereocenters. The molecular weight excluding hydrogens is 1290 g/mol. The third-order valence-corrected chi connectivity index (χ3v) is 20.8. The Morgan fingerprint density at radius 1 is 0.242 bits per heavy atom. The Labute approximate surface area is 607 Å². The fourth-order valence-corrected chi connectivity index (χ4v) is 14.0. The summed E-state index contributed by atoms with van der Waals surface area (Å²) in [6, 6.07) is 0. The van der Waals surface area contributed by atoms with Crippen molar-refractivity contribution in [1.82, 2.24) is 0 Å². The first kappa shape index (κ1) is 97.1. The quantitative estimate of drug-likeness (QED) is 0.0222. The zero-order chi connectivity index (χ0) is 72.5. The molecule has 3 N–H and O–H groups in total. The Morgan fingerprint density at radius 2 is 0.404 bits per heavy atom. The Bertz CT molecular complexity index is 1880. The Kier molecular flexibility index (Phi) is 72.9. The SMILES string of the molecule is CCCCCCCCCCCCCCCCCCCCC(=O)OC[C@H](COP(=O)(O)OC[C@@H](O)COP(=O)(O)OC[C@@H](COC(=O)CCCCCCCCCCCC)OC(=O)CCCCCCCCCCCCCCC)OC(=O)CCCCCCCCCCCCCCCCCCCC. The van der Waals surface area contributed by atoms with Crippen LogP contribution >= 0.6 is 15.6 Å². The second kappa shape index (κ2) is 74.3. The lowest BCUT2D eigenvalue weighted by atomic mass is 10.0. The molecule has 17 nitrogen and oxygen atoms in total. The highest BCUT2D eigenvalue weighted by Gasteiger charge is 2.30. The Hall–Kier alpha value is -1.94. The van der Waals surface area contributed by atoms with Gasteiger partial charge in [-0.3, -0.25) is 37.3 Å². The van der Waals surface area contributed by atoms with Crippen LogP contribution in [0.15, 0.2) is 0 Å². The molecule has 0 saturated carbocycles. The van der Waals surface area contributed by atoms with E-state index in [2.05, 4.69) is 27.7 Å². The number of unbranched alkanes of at least 4 members (excludes halogenated alkanes) is 55. The Balaban J connectivity index is 5.22. The van der Waals surface area contributed by atoms with Gasteiger partial charge in [0.1, 0.15) is 19.3 Å². The van der Waals surface area contributed by atoms with Gasteiger partial charge in [-0.15, -0.1) is 0 Å². The summed E-state index contributed by atoms with van der Waals surface area (Å²) >= 11 is 0. The fourth-order valence-electron chi connectivity index (χ4n) is 12.5. The molecule has 0 heterocycles. The zero-order valence-electron chi connectivity index (χ0n) is 64.5. The zero-order valence-corrected chi connectivity index (χ0v) is 66.3. The predicted octanol–water partition coefficient (Wildman–Crippen LogP) is 24.2. The van der Waals surface area contributed by atoms with E-state index in [1.54, 1.807) is 0 Å². The van der Waals surface area contributed by atoms with Crippen LogP contribution in [0.1, 0.15) is 432 Å². The van der Waals surface area contributed by atoms with Gasteiger partial charge in [0.2, 0.25) is 0 Å². The number of carbonyl (C=O) groups excluding carboxylic acids is 4. The molecule has 0 aliphatic carbocycles. The van der Waals surface area contributed by atoms with Crippen molar-refractivity contribution in [3.8, 4) is 0 Å². The number of aliphatic hydroxyl groups excluding tert-OH is 1. The van der Waals surface area contributed by atoms with E-state index in [0.29, 0.717) is 25.7 Å². The molecule has 0 aromatic rings. The Morgan fingerprint density at radius 3 is 0.596 bits per heavy atom. The van der Waals surface area contributed by atoms with Gasteiger partial charge in [-0.25, -0.2) is 9.13 Å². The van der Waals surface area contributed by atoms with Crippen LogP contribution < -0.4 is 0 Å². The lowest BCUT2D eigenvalue weighted by Gasteiger charge is -2.21. The van der Waals surface area contributed by atoms with Crippen LogP contribution in [-0.2, 0) is 65.4 Å². The highest BCUT2D eigenvalue weighted by Crippen LogP contribution is 2.45. The average Bonchev–Trinajstić information content (AvgIpc) is 1.04. The minimum atomic E-state index is -4.96. The highest BCUT2D eigenvalue weighted by atomic mass is 31.2. The van der Waals surface area contributed by atoms with Gasteiger partial charge in [-0.05, 0) is 25.7 Å². The molecule has 0 aliphatic rings. The molecule has 0 aliphatic heterocycles. The minimum absolute atomic E-state index is 0.108. The van der Waals surface area contributed by atoms with Crippen molar-refractivity contribution < 1.29 is 80.2 Å². The van der Waals surface area contributed by atoms with Crippen LogP contribution in [0.3, 0.4) is 0 Å². The second-order valence-electron chi connectivity index (χ2n) is 28.8. The largest absolute Gasteiger partial charge is 0.472 e. The first-order chi connectivity index (χ1) is 48.2. The molecule has 19 heteroatoms. The van der Waals surface area contributed by atoms with Crippen LogP contribution in [0.25, 0.3) is 0 Å². The molecule has 0 aromatic carbocycles. The van der Waals surface area contributed by atoms with Gasteiger partial charge >= 0.3 is 39.5 Å². The molecule has 0 saturated heterocycles. The monoisotopic (exact) mass is 1450 g/mol. The van der Waals surface area contributed by atoms with Crippen LogP contribution in [0.4, 0.5) is 0 Å². The number of carbonyl (C=O) groups is 4. The van der Waals surface area contributed by atoms with Crippen molar-refractivity contribution in [2.75, 3.05) is 39.6 Å². The number of aliphatic hydroxyl groups is 1. The van der Waals surface area contributed by atoms with E-state index < -0.39 is 97.5 Å². The van der Waals surface area contributed by atoms with Gasteiger partial charge in [0, 0.05) is 25.7 Å². The van der Waals surface area contributed by atoms with E-state index in [1.165, 1.54) is 263 Å². The number of esters is 4. The van der Waals surface area contributed by atoms with Crippen molar-refractivity contribution >= 4 is 39.5 Å². The first-order valence-corrected chi connectivity index (χ1v) is 44.8. The topological polar surface area (TPSA) is 237 Å². The third-order valence-electron chi connectivity index (χ3n) is 18.9. The maximum Gasteiger partial charge on any atom is 0.472 e. The summed E-state index contributed by atoms with van der Waals surface area (Å²) in [7, 11) is -9.91. The van der Waals surface area contributed by atoms with E-state index in [9.17, 15) is 43.2 Å². The van der Waals surface area contributed by atoms with Gasteiger partial charge < -0.3 is 33.8 Å². The molecule has 0 spiro atoms. The fraction of sp³-hybridized carbons (Fsp3) is 0.950. The van der Waals surface area contributed by atoms with Crippen LogP contribution in [0.5, 0.6) is 0 Å². The minimum Gasteiger partial charge on any atom is -0.462 e. The summed E-state index contributed by atoms with van der Waals surface area (Å²) in [6.45, 7) is 5.02. The number of rotatable bonds is 81. The van der Waals surface area contributed by atoms with Gasteiger partial charge in [0.15, 0.2) is 12.2 Å². The van der Waals surface area contributed by atoms with Crippen molar-refractivity contribution in [2.24, 2.45) is 0 Å². The van der Waals surface area contributed by atoms with E-state index in [1.807, 2.05) is 0 Å². The van der Waals surface area contributed by atoms with Crippen LogP contribution in [-0.4, -0.2) is 96.7 Å². The number of phosphoric acid groups is 2. The van der Waals surface area contributed by atoms with Crippen molar-refractivity contribution in [3.63, 3.8) is 0 Å². The molecule has 0 bridgehead atoms. The van der Waals surface area contributed by atoms with E-state index >= 15 is 0 Å². The lowest BCUT2D eigenvalue weighted by Crippen LogP contribution is -2.30. The maximum absolute atomic E-state index is 13.1. The second-order valence-corrected chi connectivity index (χ2v) is 31.7. The molecule has 2 unspecified atom stereocenters. The molecule has 99 heavy (non-hydrogen) atoms. The van der Waals surface area contributed by atoms with Gasteiger partial charge in [-0.2, -0.15) is 0 Å². The number of phosphoric ester groups is 2. The maximum atomic E-state index is 13.1. The van der Waals surface area contributed by atoms with Crippen molar-refractivity contribution in [3.05, 3.63) is 0 Å². The van der Waals surface area contributed by atoms with Gasteiger partial charge in [0.25, 0.3) is 0 Å². The predicted molar refractivity (Wildman–Crippen MR) is 405 cm³/mol. The number of hydrogen-bond acceptors (Lipinski definition) is 15. The molecule has 0 fully saturated rings. The lowest BCUT2D eigenvalue weighted by molar-refractivity contribution is -0.161. The summed E-state index contributed by atoms with van der Waals surface area (Å²) in [6.07, 6.45) is 66.5. The summed E-state index contributed by atoms with van der Waals surface area (Å²) in [5.41, 5.74) is 0. The standard InChI is InChI=1S/C80H156O17P2/c1-5-9-13-17-21-25-29-32-34-36-38-40-43-45-49-53-57-61-65-78(83)91-71-76(97-80(85)67-63-59-55-51-47-44-41-39-37-35-33-30-26-22-18-14-10-6-2)73-95-99(88,89)93-69-74(81)68-92-98(86,87)94-72-75(70-90-77(82)64-60-56-52-48-28-24-20-16-12-8-4)96-79(84)66-62-58-54-50-46-42-31-27-23-19-15-11-7-3/h74-76,81H,5-73H2,1-4H3,(H,86,87)(H,88,89)/t74-,75+,76+/m0/s1. The van der Waals surface area contributed by atoms with Crippen LogP contribution in [0.2, 0.25) is 0 Å². The van der Waals surface area contributed by atoms with E-state index in [4.69, 9.17) is 37.0 Å². The van der Waals surface area contributed by atoms with Gasteiger partial charge in [0.05, 0.1) is 26.4 Å². The van der Waals surface area contributed by atoms with Gasteiger partial charge in [-0.1, -0.05) is 381 Å². The highest BCUT2D eigenvalue weighted by molar-refractivity contribution is 7.47. The molecule has 588 valence electrons. The smallest absolute Gasteiger partial charge is 0.462 e. The normalized spacial score (nSPS) is 13.8. The average molecular weight is 1450 g/mol. The summed E-state index contributed by atoms with van der Waals surface area (Å²) in [5, 5.41) is 10.6. The number of ether oxygens (including phenoxy) is 4. The summed E-state index contributed by atoms with van der Waals surface area (Å²) < 4.78 is 68.7. The molecule has 0 amide bonds. The van der Waals surface area contributed by atoms with Crippen molar-refractivity contribution in [1.29, 1.82) is 0 Å². The van der Waals surface area contributed by atoms with E-state index in [0.717, 1.165) is 89.9 Å². The molecular formula is C80H156O17P2. The van der Waals surface area contributed by atoms with Crippen molar-refractivity contribution in [2.45, 2.75) is 451 Å². The van der Waals surface area contributed by atoms with E-state index in [-0.39, 0.29) is 25.7 Å². The summed E-state index contributed by atoms with van der Waals surface area (Å²) in [5.74, 6) is -2.10. The first-order valence-electron chi connectivity index (χ1n) is 41.8. The molecule has 0 radical (unpaired) electrons. The number of hydrogen-bond donors (Lipinski definition) is 3. The molecule has 0 rings (SSSR count). The van der Waals surface area contributed by atoms with Crippen LogP contribution in [0, 0.1) is 0 Å².